The molecule has 0 amide bonds. The second-order valence-electron chi connectivity index (χ2n) is 8.12. The maximum atomic E-state index is 4.88. The number of nitrogens with zero attached hydrogens (tertiary/aromatic N) is 5. The average Bonchev–Trinajstić information content (AvgIpc) is 3.03. The zero-order valence-corrected chi connectivity index (χ0v) is 16.6. The lowest BCUT2D eigenvalue weighted by Gasteiger charge is -2.33. The van der Waals surface area contributed by atoms with Gasteiger partial charge in [-0.05, 0) is 69.0 Å². The molecule has 3 aromatic heterocycles. The zero-order valence-electron chi connectivity index (χ0n) is 16.6. The molecule has 1 unspecified atom stereocenters. The number of hydrogen-bond acceptors (Lipinski definition) is 4. The summed E-state index contributed by atoms with van der Waals surface area (Å²) in [6.45, 7) is 10.2. The van der Waals surface area contributed by atoms with Crippen LogP contribution in [0.3, 0.4) is 0 Å². The zero-order chi connectivity index (χ0) is 18.8. The molecule has 0 bridgehead atoms. The number of hydrogen-bond donors (Lipinski definition) is 0. The van der Waals surface area contributed by atoms with Gasteiger partial charge in [-0.15, -0.1) is 0 Å². The molecule has 3 aromatic rings. The first-order chi connectivity index (χ1) is 13.1. The van der Waals surface area contributed by atoms with Crippen molar-refractivity contribution in [1.82, 2.24) is 24.5 Å². The third kappa shape index (κ3) is 3.74. The minimum absolute atomic E-state index is 0.515. The molecular formula is C22H29N5. The predicted molar refractivity (Wildman–Crippen MR) is 109 cm³/mol. The number of piperidine rings is 1. The van der Waals surface area contributed by atoms with E-state index in [2.05, 4.69) is 46.2 Å². The van der Waals surface area contributed by atoms with Crippen LogP contribution in [0.25, 0.3) is 16.8 Å². The van der Waals surface area contributed by atoms with Crippen molar-refractivity contribution in [2.24, 2.45) is 5.92 Å². The molecule has 0 spiro atoms. The van der Waals surface area contributed by atoms with E-state index in [0.29, 0.717) is 5.92 Å². The van der Waals surface area contributed by atoms with Gasteiger partial charge in [-0.3, -0.25) is 4.98 Å². The van der Waals surface area contributed by atoms with E-state index < -0.39 is 0 Å². The Labute approximate surface area is 161 Å². The highest BCUT2D eigenvalue weighted by Gasteiger charge is 2.25. The Morgan fingerprint density at radius 1 is 1.15 bits per heavy atom. The average molecular weight is 364 g/mol. The molecule has 0 aromatic carbocycles. The molecule has 1 aliphatic rings. The minimum atomic E-state index is 0.515. The molecule has 5 nitrogen and oxygen atoms in total. The van der Waals surface area contributed by atoms with Crippen molar-refractivity contribution in [3.63, 3.8) is 0 Å². The molecular weight excluding hydrogens is 334 g/mol. The van der Waals surface area contributed by atoms with Crippen LogP contribution < -0.4 is 0 Å². The Hall–Kier alpha value is -2.27. The highest BCUT2D eigenvalue weighted by atomic mass is 15.3. The van der Waals surface area contributed by atoms with Gasteiger partial charge in [-0.2, -0.15) is 5.10 Å². The van der Waals surface area contributed by atoms with Crippen LogP contribution in [0.1, 0.15) is 50.4 Å². The summed E-state index contributed by atoms with van der Waals surface area (Å²) < 4.78 is 2.09. The van der Waals surface area contributed by atoms with E-state index >= 15 is 0 Å². The standard InChI is InChI=1S/C22H29N5/c1-16(2)9-14-26-13-4-5-19(15-26)20-8-12-24-22-21(17(3)25-27(20)22)18-6-10-23-11-7-18/h6-8,10-12,16,19H,4-5,9,13-15H2,1-3H3. The van der Waals surface area contributed by atoms with E-state index in [-0.39, 0.29) is 0 Å². The van der Waals surface area contributed by atoms with E-state index in [9.17, 15) is 0 Å². The van der Waals surface area contributed by atoms with Crippen LogP contribution in [0.15, 0.2) is 36.8 Å². The summed E-state index contributed by atoms with van der Waals surface area (Å²) in [4.78, 5) is 11.4. The topological polar surface area (TPSA) is 46.3 Å². The van der Waals surface area contributed by atoms with E-state index in [1.807, 2.05) is 30.7 Å². The van der Waals surface area contributed by atoms with Crippen molar-refractivity contribution in [1.29, 1.82) is 0 Å². The highest BCUT2D eigenvalue weighted by molar-refractivity contribution is 5.79. The maximum absolute atomic E-state index is 4.88. The molecule has 142 valence electrons. The summed E-state index contributed by atoms with van der Waals surface area (Å²) in [7, 11) is 0. The van der Waals surface area contributed by atoms with Gasteiger partial charge in [-0.25, -0.2) is 9.50 Å². The number of likely N-dealkylation sites (tertiary alicyclic amines) is 1. The van der Waals surface area contributed by atoms with Crippen LogP contribution in [0.4, 0.5) is 0 Å². The maximum Gasteiger partial charge on any atom is 0.163 e. The van der Waals surface area contributed by atoms with Crippen molar-refractivity contribution in [3.8, 4) is 11.1 Å². The lowest BCUT2D eigenvalue weighted by Crippen LogP contribution is -2.36. The smallest absolute Gasteiger partial charge is 0.163 e. The fraction of sp³-hybridized carbons (Fsp3) is 0.500. The van der Waals surface area contributed by atoms with Crippen molar-refractivity contribution in [2.45, 2.75) is 46.0 Å². The van der Waals surface area contributed by atoms with Gasteiger partial charge in [0.15, 0.2) is 5.65 Å². The van der Waals surface area contributed by atoms with E-state index in [1.165, 1.54) is 38.0 Å². The number of aromatic nitrogens is 4. The van der Waals surface area contributed by atoms with Gasteiger partial charge in [-0.1, -0.05) is 13.8 Å². The quantitative estimate of drug-likeness (QED) is 0.677. The molecule has 1 saturated heterocycles. The van der Waals surface area contributed by atoms with Crippen LogP contribution in [0, 0.1) is 12.8 Å². The third-order valence-corrected chi connectivity index (χ3v) is 5.64. The van der Waals surface area contributed by atoms with E-state index in [4.69, 9.17) is 5.10 Å². The fourth-order valence-corrected chi connectivity index (χ4v) is 4.18. The summed E-state index contributed by atoms with van der Waals surface area (Å²) in [6, 6.07) is 6.23. The van der Waals surface area contributed by atoms with Crippen molar-refractivity contribution >= 4 is 5.65 Å². The Morgan fingerprint density at radius 2 is 1.96 bits per heavy atom. The lowest BCUT2D eigenvalue weighted by atomic mass is 9.94. The first-order valence-electron chi connectivity index (χ1n) is 10.1. The second-order valence-corrected chi connectivity index (χ2v) is 8.12. The summed E-state index contributed by atoms with van der Waals surface area (Å²) in [6.07, 6.45) is 9.35. The Kier molecular flexibility index (Phi) is 5.21. The molecule has 0 aliphatic carbocycles. The molecule has 1 atom stereocenters. The molecule has 0 saturated carbocycles. The van der Waals surface area contributed by atoms with Crippen LogP contribution in [0.2, 0.25) is 0 Å². The van der Waals surface area contributed by atoms with Crippen molar-refractivity contribution in [2.75, 3.05) is 19.6 Å². The van der Waals surface area contributed by atoms with Gasteiger partial charge in [0.1, 0.15) is 0 Å². The highest BCUT2D eigenvalue weighted by Crippen LogP contribution is 2.31. The van der Waals surface area contributed by atoms with E-state index in [0.717, 1.165) is 34.9 Å². The monoisotopic (exact) mass is 363 g/mol. The fourth-order valence-electron chi connectivity index (χ4n) is 4.18. The van der Waals surface area contributed by atoms with Gasteiger partial charge in [0, 0.05) is 36.6 Å². The summed E-state index contributed by atoms with van der Waals surface area (Å²) >= 11 is 0. The Bertz CT molecular complexity index is 900. The molecule has 0 radical (unpaired) electrons. The largest absolute Gasteiger partial charge is 0.303 e. The van der Waals surface area contributed by atoms with Gasteiger partial charge in [0.2, 0.25) is 0 Å². The van der Waals surface area contributed by atoms with Gasteiger partial charge in [0.25, 0.3) is 0 Å². The van der Waals surface area contributed by atoms with Crippen molar-refractivity contribution < 1.29 is 0 Å². The predicted octanol–water partition coefficient (Wildman–Crippen LogP) is 4.33. The summed E-state index contributed by atoms with van der Waals surface area (Å²) in [5.74, 6) is 1.27. The first-order valence-corrected chi connectivity index (χ1v) is 10.1. The Balaban J connectivity index is 1.67. The number of aryl methyl sites for hydroxylation is 1. The number of fused-ring (bicyclic) bond motifs is 1. The van der Waals surface area contributed by atoms with Crippen LogP contribution in [-0.4, -0.2) is 44.1 Å². The summed E-state index contributed by atoms with van der Waals surface area (Å²) in [5, 5.41) is 4.88. The normalized spacial score (nSPS) is 18.4. The molecule has 5 heteroatoms. The third-order valence-electron chi connectivity index (χ3n) is 5.64. The van der Waals surface area contributed by atoms with Gasteiger partial charge < -0.3 is 4.90 Å². The molecule has 1 fully saturated rings. The van der Waals surface area contributed by atoms with Crippen molar-refractivity contribution in [3.05, 3.63) is 48.2 Å². The van der Waals surface area contributed by atoms with E-state index in [1.54, 1.807) is 0 Å². The van der Waals surface area contributed by atoms with Crippen LogP contribution in [-0.2, 0) is 0 Å². The van der Waals surface area contributed by atoms with Crippen LogP contribution >= 0.6 is 0 Å². The molecule has 0 N–H and O–H groups in total. The summed E-state index contributed by atoms with van der Waals surface area (Å²) in [5.41, 5.74) is 5.51. The second kappa shape index (κ2) is 7.77. The van der Waals surface area contributed by atoms with Crippen LogP contribution in [0.5, 0.6) is 0 Å². The van der Waals surface area contributed by atoms with Gasteiger partial charge >= 0.3 is 0 Å². The first kappa shape index (κ1) is 18.1. The SMILES string of the molecule is Cc1nn2c(C3CCCN(CCC(C)C)C3)ccnc2c1-c1ccncc1. The lowest BCUT2D eigenvalue weighted by molar-refractivity contribution is 0.195. The molecule has 27 heavy (non-hydrogen) atoms. The number of rotatable bonds is 5. The Morgan fingerprint density at radius 3 is 2.74 bits per heavy atom. The van der Waals surface area contributed by atoms with Gasteiger partial charge in [0.05, 0.1) is 11.4 Å². The molecule has 1 aliphatic heterocycles. The minimum Gasteiger partial charge on any atom is -0.303 e. The number of pyridine rings is 1. The molecule has 4 heterocycles. The molecule has 4 rings (SSSR count).